The van der Waals surface area contributed by atoms with Crippen LogP contribution in [-0.2, 0) is 22.1 Å². The summed E-state index contributed by atoms with van der Waals surface area (Å²) in [6.07, 6.45) is 0. The standard InChI is InChI=1S/C10H15.C2H5NO2.ClH.Rh/c1-6-7(2)9(4)10(5)8(6)3;3-1-2(4)5;;/h1-5H3;1,3H2,(H,4,5);1H;/q-1;;;+3/p-2. The van der Waals surface area contributed by atoms with Gasteiger partial charge in [0.1, 0.15) is 0 Å². The zero-order valence-corrected chi connectivity index (χ0v) is 13.2. The molecule has 0 fully saturated rings. The first-order chi connectivity index (χ1) is 7.82. The molecule has 0 bridgehead atoms. The molecule has 0 spiro atoms. The first-order valence-electron chi connectivity index (χ1n) is 5.05. The van der Waals surface area contributed by atoms with Gasteiger partial charge in [-0.05, 0) is 0 Å². The first-order valence-corrected chi connectivity index (χ1v) is 7.16. The maximum atomic E-state index is 9.13. The average molecular weight is 348 g/mol. The van der Waals surface area contributed by atoms with Crippen molar-refractivity contribution in [3.05, 3.63) is 27.8 Å². The Kier molecular flexibility index (Phi) is 10.9. The van der Waals surface area contributed by atoms with Gasteiger partial charge in [0, 0.05) is 6.54 Å². The topological polar surface area (TPSA) is 66.2 Å². The van der Waals surface area contributed by atoms with Crippen molar-refractivity contribution in [3.63, 3.8) is 0 Å². The van der Waals surface area contributed by atoms with E-state index < -0.39 is 5.97 Å². The fourth-order valence-electron chi connectivity index (χ4n) is 1.41. The number of carboxylic acids is 1. The van der Waals surface area contributed by atoms with E-state index >= 15 is 0 Å². The van der Waals surface area contributed by atoms with E-state index in [1.54, 1.807) is 0 Å². The minimum atomic E-state index is -1.22. The van der Waals surface area contributed by atoms with Crippen LogP contribution in [0, 0.1) is 34.6 Å². The van der Waals surface area contributed by atoms with Crippen LogP contribution >= 0.6 is 9.69 Å². The third-order valence-electron chi connectivity index (χ3n) is 2.98. The molecule has 5 heteroatoms. The van der Waals surface area contributed by atoms with Crippen molar-refractivity contribution in [3.8, 4) is 0 Å². The molecule has 0 saturated heterocycles. The van der Waals surface area contributed by atoms with Crippen molar-refractivity contribution < 1.29 is 27.2 Å². The van der Waals surface area contributed by atoms with E-state index in [1.807, 2.05) is 17.3 Å². The number of carbonyl (C=O) groups is 1. The summed E-state index contributed by atoms with van der Waals surface area (Å²) in [7, 11) is 4.53. The molecule has 0 aliphatic rings. The van der Waals surface area contributed by atoms with Gasteiger partial charge >= 0.3 is 27.0 Å². The minimum absolute atomic E-state index is 0.389. The zero-order valence-electron chi connectivity index (χ0n) is 10.8. The van der Waals surface area contributed by atoms with Gasteiger partial charge in [0.15, 0.2) is 0 Å². The molecule has 3 nitrogen and oxygen atoms in total. The Balaban J connectivity index is 0. The van der Waals surface area contributed by atoms with Crippen molar-refractivity contribution in [1.82, 2.24) is 0 Å². The van der Waals surface area contributed by atoms with Crippen molar-refractivity contribution in [1.29, 1.82) is 0 Å². The van der Waals surface area contributed by atoms with Gasteiger partial charge in [-0.2, -0.15) is 27.8 Å². The summed E-state index contributed by atoms with van der Waals surface area (Å²) in [4.78, 5) is 9.13. The molecule has 2 N–H and O–H groups in total. The Morgan fingerprint density at radius 2 is 1.47 bits per heavy atom. The van der Waals surface area contributed by atoms with Gasteiger partial charge in [0.05, 0.1) is 5.97 Å². The van der Waals surface area contributed by atoms with Crippen molar-refractivity contribution in [2.45, 2.75) is 34.6 Å². The summed E-state index contributed by atoms with van der Waals surface area (Å²) in [5.41, 5.74) is 11.8. The quantitative estimate of drug-likeness (QED) is 0.615. The molecule has 0 unspecified atom stereocenters. The van der Waals surface area contributed by atoms with Gasteiger partial charge in [-0.25, -0.2) is 0 Å². The van der Waals surface area contributed by atoms with Crippen LogP contribution < -0.4 is 10.8 Å². The summed E-state index contributed by atoms with van der Waals surface area (Å²) in [6, 6.07) is 0. The molecule has 1 aromatic rings. The molecule has 0 heterocycles. The van der Waals surface area contributed by atoms with E-state index in [9.17, 15) is 0 Å². The molecule has 0 saturated carbocycles. The van der Waals surface area contributed by atoms with Crippen LogP contribution in [0.3, 0.4) is 0 Å². The second-order valence-corrected chi connectivity index (χ2v) is 3.70. The van der Waals surface area contributed by atoms with Gasteiger partial charge in [0.2, 0.25) is 0 Å². The molecular weight excluding hydrogens is 328 g/mol. The van der Waals surface area contributed by atoms with E-state index in [2.05, 4.69) is 50.0 Å². The Morgan fingerprint density at radius 3 is 1.53 bits per heavy atom. The molecule has 100 valence electrons. The SMILES string of the molecule is Cc1c(C)c(C)[c-](C)c1C.NCC(=O)[O-].[Cl][Rh+2]. The second kappa shape index (κ2) is 9.70. The van der Waals surface area contributed by atoms with Crippen LogP contribution in [0.2, 0.25) is 0 Å². The number of aliphatic carboxylic acids is 1. The average Bonchev–Trinajstić information content (AvgIpc) is 2.51. The predicted octanol–water partition coefficient (Wildman–Crippen LogP) is 1.33. The number of hydrogen-bond acceptors (Lipinski definition) is 3. The van der Waals surface area contributed by atoms with Crippen LogP contribution in [0.15, 0.2) is 0 Å². The molecule has 0 atom stereocenters. The van der Waals surface area contributed by atoms with Gasteiger partial charge < -0.3 is 15.6 Å². The second-order valence-electron chi connectivity index (χ2n) is 3.70. The fourth-order valence-corrected chi connectivity index (χ4v) is 1.41. The predicted molar refractivity (Wildman–Crippen MR) is 65.6 cm³/mol. The Bertz CT molecular complexity index is 282. The molecule has 0 aliphatic heterocycles. The van der Waals surface area contributed by atoms with Crippen molar-refractivity contribution in [2.75, 3.05) is 6.54 Å². The fraction of sp³-hybridized carbons (Fsp3) is 0.500. The Hall–Kier alpha value is -0.307. The third kappa shape index (κ3) is 6.25. The van der Waals surface area contributed by atoms with E-state index in [1.165, 1.54) is 27.8 Å². The van der Waals surface area contributed by atoms with E-state index in [0.717, 1.165) is 0 Å². The van der Waals surface area contributed by atoms with Crippen LogP contribution in [0.25, 0.3) is 0 Å². The molecule has 0 radical (unpaired) electrons. The molecule has 0 amide bonds. The van der Waals surface area contributed by atoms with Gasteiger partial charge in [-0.3, -0.25) is 0 Å². The van der Waals surface area contributed by atoms with Gasteiger partial charge in [-0.1, -0.05) is 34.6 Å². The van der Waals surface area contributed by atoms with Crippen LogP contribution in [-0.4, -0.2) is 12.5 Å². The van der Waals surface area contributed by atoms with Crippen LogP contribution in [0.1, 0.15) is 27.8 Å². The van der Waals surface area contributed by atoms with E-state index in [0.29, 0.717) is 0 Å². The van der Waals surface area contributed by atoms with Crippen molar-refractivity contribution in [2.24, 2.45) is 5.73 Å². The normalized spacial score (nSPS) is 8.71. The number of halogens is 1. The number of carbonyl (C=O) groups excluding carboxylic acids is 1. The summed E-state index contributed by atoms with van der Waals surface area (Å²) in [6.45, 7) is 10.6. The Morgan fingerprint density at radius 1 is 1.24 bits per heavy atom. The maximum absolute atomic E-state index is 9.13. The molecule has 1 rings (SSSR count). The third-order valence-corrected chi connectivity index (χ3v) is 2.98. The summed E-state index contributed by atoms with van der Waals surface area (Å²) in [5, 5.41) is 9.13. The molecule has 0 aliphatic carbocycles. The number of nitrogens with two attached hydrogens (primary N) is 1. The molecule has 0 aromatic heterocycles. The van der Waals surface area contributed by atoms with Crippen LogP contribution in [0.5, 0.6) is 0 Å². The monoisotopic (exact) mass is 347 g/mol. The Labute approximate surface area is 117 Å². The van der Waals surface area contributed by atoms with Gasteiger partial charge in [-0.15, -0.1) is 0 Å². The number of carboxylic acid groups (broad SMARTS) is 1. The number of rotatable bonds is 1. The molecular formula is C12H19ClNO2Rh. The van der Waals surface area contributed by atoms with Crippen molar-refractivity contribution >= 4 is 15.7 Å². The summed E-state index contributed by atoms with van der Waals surface area (Å²) in [5.74, 6) is -1.22. The van der Waals surface area contributed by atoms with Crippen LogP contribution in [0.4, 0.5) is 0 Å². The van der Waals surface area contributed by atoms with E-state index in [4.69, 9.17) is 9.90 Å². The first kappa shape index (κ1) is 19.0. The van der Waals surface area contributed by atoms with Gasteiger partial charge in [0.25, 0.3) is 0 Å². The number of hydrogen-bond donors (Lipinski definition) is 1. The summed E-state index contributed by atoms with van der Waals surface area (Å²) < 4.78 is 0. The summed E-state index contributed by atoms with van der Waals surface area (Å²) >= 11 is 2.02. The molecule has 17 heavy (non-hydrogen) atoms. The zero-order chi connectivity index (χ0) is 14.2. The molecule has 1 aromatic carbocycles. The van der Waals surface area contributed by atoms with E-state index in [-0.39, 0.29) is 6.54 Å².